The van der Waals surface area contributed by atoms with Gasteiger partial charge in [0.05, 0.1) is 11.4 Å². The first-order chi connectivity index (χ1) is 9.25. The van der Waals surface area contributed by atoms with Crippen LogP contribution in [-0.4, -0.2) is 49.3 Å². The number of hydrogen-bond donors (Lipinski definition) is 2. The number of rotatable bonds is 6. The van der Waals surface area contributed by atoms with Gasteiger partial charge < -0.3 is 10.4 Å². The van der Waals surface area contributed by atoms with Crippen LogP contribution in [0.2, 0.25) is 0 Å². The molecule has 2 N–H and O–H groups in total. The first kappa shape index (κ1) is 16.1. The summed E-state index contributed by atoms with van der Waals surface area (Å²) in [4.78, 5) is 22.2. The summed E-state index contributed by atoms with van der Waals surface area (Å²) < 4.78 is 25.1. The molecule has 1 aromatic carbocycles. The Kier molecular flexibility index (Phi) is 5.23. The van der Waals surface area contributed by atoms with Crippen molar-refractivity contribution in [2.75, 3.05) is 13.6 Å². The second kappa shape index (κ2) is 6.49. The number of nitrogens with one attached hydrogen (secondary N) is 1. The molecule has 0 aliphatic heterocycles. The van der Waals surface area contributed by atoms with Crippen molar-refractivity contribution in [2.24, 2.45) is 0 Å². The van der Waals surface area contributed by atoms with Gasteiger partial charge in [-0.25, -0.2) is 8.42 Å². The van der Waals surface area contributed by atoms with E-state index < -0.39 is 34.5 Å². The van der Waals surface area contributed by atoms with Gasteiger partial charge in [-0.2, -0.15) is 4.31 Å². The summed E-state index contributed by atoms with van der Waals surface area (Å²) in [5.41, 5.74) is 0. The van der Waals surface area contributed by atoms with Crippen molar-refractivity contribution in [1.29, 1.82) is 0 Å². The van der Waals surface area contributed by atoms with Crippen LogP contribution in [0.5, 0.6) is 0 Å². The maximum atomic E-state index is 12.1. The smallest absolute Gasteiger partial charge is 0.325 e. The van der Waals surface area contributed by atoms with Crippen molar-refractivity contribution in [3.8, 4) is 0 Å². The molecular formula is C12H16N2O5S. The molecule has 0 aliphatic rings. The fraction of sp³-hybridized carbons (Fsp3) is 0.333. The van der Waals surface area contributed by atoms with Gasteiger partial charge in [-0.1, -0.05) is 18.2 Å². The topological polar surface area (TPSA) is 104 Å². The van der Waals surface area contributed by atoms with Crippen molar-refractivity contribution in [2.45, 2.75) is 17.9 Å². The SMILES string of the molecule is C[C@@H](NC(=O)CN(C)S(=O)(=O)c1ccccc1)C(=O)O. The fourth-order valence-corrected chi connectivity index (χ4v) is 2.56. The Morgan fingerprint density at radius 1 is 1.30 bits per heavy atom. The lowest BCUT2D eigenvalue weighted by Gasteiger charge is -2.17. The van der Waals surface area contributed by atoms with Crippen LogP contribution in [0.3, 0.4) is 0 Å². The molecule has 0 saturated heterocycles. The van der Waals surface area contributed by atoms with Crippen LogP contribution in [-0.2, 0) is 19.6 Å². The third kappa shape index (κ3) is 4.04. The van der Waals surface area contributed by atoms with Gasteiger partial charge in [0.1, 0.15) is 6.04 Å². The number of amides is 1. The lowest BCUT2D eigenvalue weighted by atomic mass is 10.3. The number of carboxylic acid groups (broad SMARTS) is 1. The summed E-state index contributed by atoms with van der Waals surface area (Å²) >= 11 is 0. The number of benzene rings is 1. The van der Waals surface area contributed by atoms with E-state index in [1.807, 2.05) is 0 Å². The zero-order valence-electron chi connectivity index (χ0n) is 11.1. The fourth-order valence-electron chi connectivity index (χ4n) is 1.41. The van der Waals surface area contributed by atoms with E-state index in [2.05, 4.69) is 5.32 Å². The molecule has 0 saturated carbocycles. The third-order valence-electron chi connectivity index (χ3n) is 2.57. The highest BCUT2D eigenvalue weighted by atomic mass is 32.2. The average molecular weight is 300 g/mol. The Bertz CT molecular complexity index is 585. The predicted octanol–water partition coefficient (Wildman–Crippen LogP) is -0.104. The largest absolute Gasteiger partial charge is 0.480 e. The van der Waals surface area contributed by atoms with E-state index >= 15 is 0 Å². The molecule has 0 unspecified atom stereocenters. The number of carboxylic acids is 1. The van der Waals surface area contributed by atoms with Gasteiger partial charge in [0, 0.05) is 7.05 Å². The minimum absolute atomic E-state index is 0.0709. The lowest BCUT2D eigenvalue weighted by molar-refractivity contribution is -0.141. The zero-order valence-corrected chi connectivity index (χ0v) is 11.9. The van der Waals surface area contributed by atoms with E-state index in [0.29, 0.717) is 0 Å². The number of carbonyl (C=O) groups is 2. The third-order valence-corrected chi connectivity index (χ3v) is 4.38. The van der Waals surface area contributed by atoms with E-state index in [-0.39, 0.29) is 4.90 Å². The summed E-state index contributed by atoms with van der Waals surface area (Å²) in [6, 6.07) is 6.60. The van der Waals surface area contributed by atoms with Crippen molar-refractivity contribution in [3.05, 3.63) is 30.3 Å². The van der Waals surface area contributed by atoms with Crippen molar-refractivity contribution in [3.63, 3.8) is 0 Å². The van der Waals surface area contributed by atoms with Crippen LogP contribution in [0.4, 0.5) is 0 Å². The van der Waals surface area contributed by atoms with E-state index in [9.17, 15) is 18.0 Å². The Morgan fingerprint density at radius 3 is 2.35 bits per heavy atom. The summed E-state index contributed by atoms with van der Waals surface area (Å²) in [5.74, 6) is -1.87. The Morgan fingerprint density at radius 2 is 1.85 bits per heavy atom. The van der Waals surface area contributed by atoms with Crippen LogP contribution in [0.25, 0.3) is 0 Å². The highest BCUT2D eigenvalue weighted by molar-refractivity contribution is 7.89. The van der Waals surface area contributed by atoms with Gasteiger partial charge in [-0.05, 0) is 19.1 Å². The van der Waals surface area contributed by atoms with Crippen LogP contribution in [0, 0.1) is 0 Å². The zero-order chi connectivity index (χ0) is 15.3. The van der Waals surface area contributed by atoms with Crippen LogP contribution in [0.15, 0.2) is 35.2 Å². The summed E-state index contributed by atoms with van der Waals surface area (Å²) in [6.45, 7) is 0.848. The molecule has 0 heterocycles. The van der Waals surface area contributed by atoms with Crippen LogP contribution in [0.1, 0.15) is 6.92 Å². The van der Waals surface area contributed by atoms with Crippen molar-refractivity contribution in [1.82, 2.24) is 9.62 Å². The molecule has 1 rings (SSSR count). The van der Waals surface area contributed by atoms with E-state index in [1.165, 1.54) is 26.1 Å². The minimum Gasteiger partial charge on any atom is -0.480 e. The highest BCUT2D eigenvalue weighted by Gasteiger charge is 2.23. The molecule has 1 amide bonds. The molecule has 1 atom stereocenters. The lowest BCUT2D eigenvalue weighted by Crippen LogP contribution is -2.44. The summed E-state index contributed by atoms with van der Waals surface area (Å²) in [5, 5.41) is 10.8. The minimum atomic E-state index is -3.77. The molecule has 20 heavy (non-hydrogen) atoms. The second-order valence-corrected chi connectivity index (χ2v) is 6.25. The second-order valence-electron chi connectivity index (χ2n) is 4.20. The Balaban J connectivity index is 2.74. The standard InChI is InChI=1S/C12H16N2O5S/c1-9(12(16)17)13-11(15)8-14(2)20(18,19)10-6-4-3-5-7-10/h3-7,9H,8H2,1-2H3,(H,13,15)(H,16,17)/t9-/m1/s1. The van der Waals surface area contributed by atoms with E-state index in [0.717, 1.165) is 4.31 Å². The van der Waals surface area contributed by atoms with Gasteiger partial charge >= 0.3 is 5.97 Å². The molecular weight excluding hydrogens is 284 g/mol. The molecule has 1 aromatic rings. The molecule has 0 spiro atoms. The van der Waals surface area contributed by atoms with Crippen LogP contribution < -0.4 is 5.32 Å². The normalized spacial score (nSPS) is 12.9. The average Bonchev–Trinajstić information content (AvgIpc) is 2.39. The first-order valence-corrected chi connectivity index (χ1v) is 7.22. The maximum absolute atomic E-state index is 12.1. The number of aliphatic carboxylic acids is 1. The van der Waals surface area contributed by atoms with Crippen molar-refractivity contribution >= 4 is 21.9 Å². The number of nitrogens with zero attached hydrogens (tertiary/aromatic N) is 1. The van der Waals surface area contributed by atoms with Gasteiger partial charge in [0.15, 0.2) is 0 Å². The van der Waals surface area contributed by atoms with Crippen molar-refractivity contribution < 1.29 is 23.1 Å². The first-order valence-electron chi connectivity index (χ1n) is 5.78. The van der Waals surface area contributed by atoms with Gasteiger partial charge in [-0.3, -0.25) is 9.59 Å². The Hall–Kier alpha value is -1.93. The van der Waals surface area contributed by atoms with Gasteiger partial charge in [0.2, 0.25) is 15.9 Å². The quantitative estimate of drug-likeness (QED) is 0.763. The number of carbonyl (C=O) groups excluding carboxylic acids is 1. The highest BCUT2D eigenvalue weighted by Crippen LogP contribution is 2.12. The summed E-state index contributed by atoms with van der Waals surface area (Å²) in [6.07, 6.45) is 0. The predicted molar refractivity (Wildman–Crippen MR) is 71.5 cm³/mol. The molecule has 7 nitrogen and oxygen atoms in total. The monoisotopic (exact) mass is 300 g/mol. The van der Waals surface area contributed by atoms with Gasteiger partial charge in [0.25, 0.3) is 0 Å². The molecule has 0 radical (unpaired) electrons. The maximum Gasteiger partial charge on any atom is 0.325 e. The molecule has 0 aromatic heterocycles. The number of sulfonamides is 1. The van der Waals surface area contributed by atoms with E-state index in [1.54, 1.807) is 18.2 Å². The molecule has 0 bridgehead atoms. The summed E-state index contributed by atoms with van der Waals surface area (Å²) in [7, 11) is -2.51. The molecule has 8 heteroatoms. The Labute approximate surface area is 117 Å². The molecule has 0 aliphatic carbocycles. The van der Waals surface area contributed by atoms with E-state index in [4.69, 9.17) is 5.11 Å². The molecule has 110 valence electrons. The number of likely N-dealkylation sites (N-methyl/N-ethyl adjacent to an activating group) is 1. The van der Waals surface area contributed by atoms with Crippen LogP contribution >= 0.6 is 0 Å². The van der Waals surface area contributed by atoms with Gasteiger partial charge in [-0.15, -0.1) is 0 Å². The number of hydrogen-bond acceptors (Lipinski definition) is 4. The molecule has 0 fully saturated rings.